The summed E-state index contributed by atoms with van der Waals surface area (Å²) in [6, 6.07) is 8.55. The number of benzene rings is 1. The van der Waals surface area contributed by atoms with Crippen molar-refractivity contribution in [2.45, 2.75) is 19.9 Å². The third-order valence-electron chi connectivity index (χ3n) is 3.60. The lowest BCUT2D eigenvalue weighted by Gasteiger charge is -2.15. The van der Waals surface area contributed by atoms with E-state index in [-0.39, 0.29) is 6.04 Å². The predicted molar refractivity (Wildman–Crippen MR) is 84.0 cm³/mol. The molecule has 0 radical (unpaired) electrons. The lowest BCUT2D eigenvalue weighted by Crippen LogP contribution is -2.06. The normalized spacial score (nSPS) is 12.3. The SMILES string of the molecule is Cc1nn(C)cc1C(C)Nc1ccc(-c2cnc[nH]2)cc1. The smallest absolute Gasteiger partial charge is 0.0924 e. The van der Waals surface area contributed by atoms with Crippen molar-refractivity contribution >= 4 is 5.69 Å². The van der Waals surface area contributed by atoms with E-state index < -0.39 is 0 Å². The Morgan fingerprint density at radius 2 is 2.00 bits per heavy atom. The summed E-state index contributed by atoms with van der Waals surface area (Å²) in [5, 5.41) is 7.89. The van der Waals surface area contributed by atoms with Gasteiger partial charge in [0.05, 0.1) is 30.0 Å². The second-order valence-electron chi connectivity index (χ2n) is 5.25. The van der Waals surface area contributed by atoms with Crippen LogP contribution in [0, 0.1) is 6.92 Å². The minimum absolute atomic E-state index is 0.219. The van der Waals surface area contributed by atoms with Gasteiger partial charge in [0.1, 0.15) is 0 Å². The molecule has 1 aromatic carbocycles. The van der Waals surface area contributed by atoms with Crippen molar-refractivity contribution in [3.05, 3.63) is 54.2 Å². The van der Waals surface area contributed by atoms with Crippen LogP contribution in [0.1, 0.15) is 24.2 Å². The van der Waals surface area contributed by atoms with Crippen LogP contribution >= 0.6 is 0 Å². The highest BCUT2D eigenvalue weighted by atomic mass is 15.3. The van der Waals surface area contributed by atoms with Gasteiger partial charge in [0, 0.05) is 24.5 Å². The monoisotopic (exact) mass is 281 g/mol. The van der Waals surface area contributed by atoms with Crippen molar-refractivity contribution in [1.82, 2.24) is 19.7 Å². The first-order chi connectivity index (χ1) is 10.1. The Kier molecular flexibility index (Phi) is 3.48. The van der Waals surface area contributed by atoms with E-state index in [2.05, 4.69) is 57.8 Å². The zero-order valence-corrected chi connectivity index (χ0v) is 12.5. The molecule has 0 aliphatic carbocycles. The number of nitrogens with one attached hydrogen (secondary N) is 2. The summed E-state index contributed by atoms with van der Waals surface area (Å²) in [5.74, 6) is 0. The molecular formula is C16H19N5. The second-order valence-corrected chi connectivity index (χ2v) is 5.25. The summed E-state index contributed by atoms with van der Waals surface area (Å²) in [7, 11) is 1.95. The fraction of sp³-hybridized carbons (Fsp3) is 0.250. The second kappa shape index (κ2) is 5.44. The minimum Gasteiger partial charge on any atom is -0.378 e. The number of aromatic nitrogens is 4. The number of aromatic amines is 1. The van der Waals surface area contributed by atoms with Crippen molar-refractivity contribution in [2.24, 2.45) is 7.05 Å². The van der Waals surface area contributed by atoms with Crippen molar-refractivity contribution < 1.29 is 0 Å². The molecule has 0 spiro atoms. The van der Waals surface area contributed by atoms with E-state index in [4.69, 9.17) is 0 Å². The Hall–Kier alpha value is -2.56. The van der Waals surface area contributed by atoms with E-state index >= 15 is 0 Å². The zero-order chi connectivity index (χ0) is 14.8. The van der Waals surface area contributed by atoms with Crippen LogP contribution in [0.4, 0.5) is 5.69 Å². The molecule has 0 aliphatic heterocycles. The van der Waals surface area contributed by atoms with E-state index in [0.29, 0.717) is 0 Å². The first-order valence-corrected chi connectivity index (χ1v) is 6.99. The van der Waals surface area contributed by atoms with Gasteiger partial charge in [0.25, 0.3) is 0 Å². The Labute approximate surface area is 124 Å². The van der Waals surface area contributed by atoms with Gasteiger partial charge in [-0.25, -0.2) is 4.98 Å². The standard InChI is InChI=1S/C16H19N5/c1-11(15-9-21(3)20-12(15)2)19-14-6-4-13(5-7-14)16-8-17-10-18-16/h4-11,19H,1-3H3,(H,17,18). The molecular weight excluding hydrogens is 262 g/mol. The van der Waals surface area contributed by atoms with Gasteiger partial charge in [0.15, 0.2) is 0 Å². The Morgan fingerprint density at radius 3 is 2.57 bits per heavy atom. The van der Waals surface area contributed by atoms with Crippen LogP contribution in [0.15, 0.2) is 43.0 Å². The number of hydrogen-bond donors (Lipinski definition) is 2. The number of rotatable bonds is 4. The number of aryl methyl sites for hydroxylation is 2. The topological polar surface area (TPSA) is 58.5 Å². The highest BCUT2D eigenvalue weighted by molar-refractivity contribution is 5.62. The number of anilines is 1. The van der Waals surface area contributed by atoms with Gasteiger partial charge in [-0.1, -0.05) is 12.1 Å². The molecule has 3 rings (SSSR count). The molecule has 5 nitrogen and oxygen atoms in total. The fourth-order valence-electron chi connectivity index (χ4n) is 2.53. The quantitative estimate of drug-likeness (QED) is 0.771. The van der Waals surface area contributed by atoms with Crippen LogP contribution < -0.4 is 5.32 Å². The molecule has 2 heterocycles. The largest absolute Gasteiger partial charge is 0.378 e. The molecule has 0 bridgehead atoms. The number of imidazole rings is 1. The first-order valence-electron chi connectivity index (χ1n) is 6.99. The molecule has 1 unspecified atom stereocenters. The van der Waals surface area contributed by atoms with Gasteiger partial charge in [0.2, 0.25) is 0 Å². The van der Waals surface area contributed by atoms with Gasteiger partial charge in [-0.3, -0.25) is 4.68 Å². The lowest BCUT2D eigenvalue weighted by atomic mass is 10.1. The number of hydrogen-bond acceptors (Lipinski definition) is 3. The average molecular weight is 281 g/mol. The molecule has 2 N–H and O–H groups in total. The zero-order valence-electron chi connectivity index (χ0n) is 12.5. The highest BCUT2D eigenvalue weighted by Crippen LogP contribution is 2.23. The van der Waals surface area contributed by atoms with Crippen LogP contribution in [0.2, 0.25) is 0 Å². The molecule has 0 amide bonds. The van der Waals surface area contributed by atoms with E-state index in [9.17, 15) is 0 Å². The fourth-order valence-corrected chi connectivity index (χ4v) is 2.53. The summed E-state index contributed by atoms with van der Waals surface area (Å²) in [4.78, 5) is 7.15. The molecule has 0 fully saturated rings. The van der Waals surface area contributed by atoms with Crippen LogP contribution in [-0.4, -0.2) is 19.7 Å². The van der Waals surface area contributed by atoms with Crippen molar-refractivity contribution in [3.63, 3.8) is 0 Å². The molecule has 0 saturated heterocycles. The average Bonchev–Trinajstić information content (AvgIpc) is 3.09. The maximum atomic E-state index is 4.39. The van der Waals surface area contributed by atoms with E-state index in [1.165, 1.54) is 5.56 Å². The predicted octanol–water partition coefficient (Wildman–Crippen LogP) is 3.29. The minimum atomic E-state index is 0.219. The molecule has 0 aliphatic rings. The lowest BCUT2D eigenvalue weighted by molar-refractivity contribution is 0.756. The van der Waals surface area contributed by atoms with Crippen molar-refractivity contribution in [3.8, 4) is 11.3 Å². The van der Waals surface area contributed by atoms with Crippen LogP contribution in [0.25, 0.3) is 11.3 Å². The van der Waals surface area contributed by atoms with Gasteiger partial charge < -0.3 is 10.3 Å². The molecule has 3 aromatic rings. The number of nitrogens with zero attached hydrogens (tertiary/aromatic N) is 3. The Bertz CT molecular complexity index is 710. The highest BCUT2D eigenvalue weighted by Gasteiger charge is 2.11. The maximum Gasteiger partial charge on any atom is 0.0924 e. The first kappa shape index (κ1) is 13.4. The Balaban J connectivity index is 1.74. The number of H-pyrrole nitrogens is 1. The molecule has 1 atom stereocenters. The van der Waals surface area contributed by atoms with Gasteiger partial charge in [-0.2, -0.15) is 5.10 Å². The molecule has 0 saturated carbocycles. The molecule has 108 valence electrons. The van der Waals surface area contributed by atoms with Gasteiger partial charge in [-0.15, -0.1) is 0 Å². The summed E-state index contributed by atoms with van der Waals surface area (Å²) in [6.07, 6.45) is 5.57. The van der Waals surface area contributed by atoms with E-state index in [1.54, 1.807) is 6.33 Å². The third kappa shape index (κ3) is 2.81. The molecule has 2 aromatic heterocycles. The summed E-state index contributed by atoms with van der Waals surface area (Å²) in [6.45, 7) is 4.18. The van der Waals surface area contributed by atoms with Gasteiger partial charge >= 0.3 is 0 Å². The van der Waals surface area contributed by atoms with Crippen LogP contribution in [-0.2, 0) is 7.05 Å². The van der Waals surface area contributed by atoms with Gasteiger partial charge in [-0.05, 0) is 31.5 Å². The maximum absolute atomic E-state index is 4.39. The summed E-state index contributed by atoms with van der Waals surface area (Å²) >= 11 is 0. The summed E-state index contributed by atoms with van der Waals surface area (Å²) < 4.78 is 1.85. The van der Waals surface area contributed by atoms with Crippen molar-refractivity contribution in [2.75, 3.05) is 5.32 Å². The molecule has 21 heavy (non-hydrogen) atoms. The van der Waals surface area contributed by atoms with Crippen LogP contribution in [0.3, 0.4) is 0 Å². The van der Waals surface area contributed by atoms with E-state index in [0.717, 1.165) is 22.6 Å². The third-order valence-corrected chi connectivity index (χ3v) is 3.60. The van der Waals surface area contributed by atoms with Crippen molar-refractivity contribution in [1.29, 1.82) is 0 Å². The van der Waals surface area contributed by atoms with E-state index in [1.807, 2.05) is 24.9 Å². The summed E-state index contributed by atoms with van der Waals surface area (Å²) in [5.41, 5.74) is 5.52. The Morgan fingerprint density at radius 1 is 1.24 bits per heavy atom. The molecule has 5 heteroatoms. The van der Waals surface area contributed by atoms with Crippen LogP contribution in [0.5, 0.6) is 0 Å².